The van der Waals surface area contributed by atoms with Crippen LogP contribution in [0, 0.1) is 0 Å². The van der Waals surface area contributed by atoms with Gasteiger partial charge in [0.05, 0.1) is 12.2 Å². The smallest absolute Gasteiger partial charge is 0.127 e. The van der Waals surface area contributed by atoms with Gasteiger partial charge in [-0.25, -0.2) is 0 Å². The van der Waals surface area contributed by atoms with E-state index in [1.165, 1.54) is 0 Å². The van der Waals surface area contributed by atoms with Crippen LogP contribution in [0.3, 0.4) is 0 Å². The summed E-state index contributed by atoms with van der Waals surface area (Å²) in [6.07, 6.45) is -0.118. The van der Waals surface area contributed by atoms with Crippen LogP contribution in [0.2, 0.25) is 0 Å². The summed E-state index contributed by atoms with van der Waals surface area (Å²) in [6.45, 7) is 6.73. The Morgan fingerprint density at radius 1 is 1.04 bits per heavy atom. The number of rotatable bonds is 6. The first kappa shape index (κ1) is 17.9. The van der Waals surface area contributed by atoms with Crippen molar-refractivity contribution in [2.24, 2.45) is 0 Å². The third kappa shape index (κ3) is 5.05. The molecule has 0 bridgehead atoms. The number of ether oxygens (including phenoxy) is 2. The van der Waals surface area contributed by atoms with Gasteiger partial charge in [0.25, 0.3) is 0 Å². The van der Waals surface area contributed by atoms with Crippen LogP contribution in [0.5, 0.6) is 5.75 Å². The number of benzene rings is 2. The predicted molar refractivity (Wildman–Crippen MR) is 99.8 cm³/mol. The molecule has 0 amide bonds. The Balaban J connectivity index is 1.58. The maximum atomic E-state index is 10.4. The second kappa shape index (κ2) is 8.48. The standard InChI is InChI=1S/C21H27NO3/c1-16-12-22(13-17(2)25-16)14-19(23)15-24-21-11-7-6-10-20(21)18-8-4-3-5-9-18/h3-11,16-17,19,23H,12-15H2,1-2H3. The van der Waals surface area contributed by atoms with Crippen LogP contribution in [-0.4, -0.2) is 54.6 Å². The van der Waals surface area contributed by atoms with E-state index in [1.807, 2.05) is 42.5 Å². The molecule has 3 rings (SSSR count). The summed E-state index contributed by atoms with van der Waals surface area (Å²) in [5, 5.41) is 10.4. The minimum atomic E-state index is -0.527. The minimum Gasteiger partial charge on any atom is -0.490 e. The van der Waals surface area contributed by atoms with Gasteiger partial charge in [-0.1, -0.05) is 48.5 Å². The van der Waals surface area contributed by atoms with Gasteiger partial charge in [-0.3, -0.25) is 4.90 Å². The first-order valence-corrected chi connectivity index (χ1v) is 8.95. The number of para-hydroxylation sites is 1. The molecule has 4 nitrogen and oxygen atoms in total. The second-order valence-electron chi connectivity index (χ2n) is 6.80. The quantitative estimate of drug-likeness (QED) is 0.876. The van der Waals surface area contributed by atoms with Crippen LogP contribution in [0.1, 0.15) is 13.8 Å². The summed E-state index contributed by atoms with van der Waals surface area (Å²) >= 11 is 0. The van der Waals surface area contributed by atoms with Crippen molar-refractivity contribution >= 4 is 0 Å². The zero-order valence-corrected chi connectivity index (χ0v) is 15.0. The third-order valence-electron chi connectivity index (χ3n) is 4.37. The molecule has 4 heteroatoms. The Morgan fingerprint density at radius 2 is 1.68 bits per heavy atom. The van der Waals surface area contributed by atoms with Gasteiger partial charge in [0, 0.05) is 25.2 Å². The van der Waals surface area contributed by atoms with Crippen molar-refractivity contribution in [2.45, 2.75) is 32.2 Å². The SMILES string of the molecule is CC1CN(CC(O)COc2ccccc2-c2ccccc2)CC(C)O1. The van der Waals surface area contributed by atoms with Crippen LogP contribution >= 0.6 is 0 Å². The van der Waals surface area contributed by atoms with E-state index >= 15 is 0 Å². The number of hydrogen-bond acceptors (Lipinski definition) is 4. The predicted octanol–water partition coefficient (Wildman–Crippen LogP) is 3.20. The molecular weight excluding hydrogens is 314 g/mol. The van der Waals surface area contributed by atoms with Gasteiger partial charge in [-0.15, -0.1) is 0 Å². The highest BCUT2D eigenvalue weighted by Crippen LogP contribution is 2.29. The van der Waals surface area contributed by atoms with Gasteiger partial charge < -0.3 is 14.6 Å². The van der Waals surface area contributed by atoms with Gasteiger partial charge in [-0.05, 0) is 25.5 Å². The summed E-state index contributed by atoms with van der Waals surface area (Å²) in [4.78, 5) is 2.25. The van der Waals surface area contributed by atoms with E-state index < -0.39 is 6.10 Å². The molecule has 1 fully saturated rings. The largest absolute Gasteiger partial charge is 0.490 e. The summed E-state index contributed by atoms with van der Waals surface area (Å²) in [5.41, 5.74) is 2.16. The molecule has 2 aromatic rings. The van der Waals surface area contributed by atoms with Crippen LogP contribution in [0.4, 0.5) is 0 Å². The third-order valence-corrected chi connectivity index (χ3v) is 4.37. The van der Waals surface area contributed by atoms with E-state index in [-0.39, 0.29) is 18.8 Å². The average Bonchev–Trinajstić information content (AvgIpc) is 2.60. The molecule has 1 saturated heterocycles. The molecule has 0 spiro atoms. The van der Waals surface area contributed by atoms with E-state index in [0.29, 0.717) is 6.54 Å². The summed E-state index contributed by atoms with van der Waals surface area (Å²) in [5.74, 6) is 0.802. The normalized spacial score (nSPS) is 22.5. The number of hydrogen-bond donors (Lipinski definition) is 1. The molecule has 1 aliphatic heterocycles. The molecule has 0 aliphatic carbocycles. The molecule has 25 heavy (non-hydrogen) atoms. The van der Waals surface area contributed by atoms with Gasteiger partial charge in [-0.2, -0.15) is 0 Å². The zero-order chi connectivity index (χ0) is 17.6. The fourth-order valence-electron chi connectivity index (χ4n) is 3.42. The van der Waals surface area contributed by atoms with Crippen LogP contribution in [0.15, 0.2) is 54.6 Å². The monoisotopic (exact) mass is 341 g/mol. The Bertz CT molecular complexity index is 651. The van der Waals surface area contributed by atoms with Gasteiger partial charge in [0.1, 0.15) is 18.5 Å². The Morgan fingerprint density at radius 3 is 2.40 bits per heavy atom. The number of morpholine rings is 1. The topological polar surface area (TPSA) is 41.9 Å². The molecule has 3 unspecified atom stereocenters. The maximum absolute atomic E-state index is 10.4. The lowest BCUT2D eigenvalue weighted by Crippen LogP contribution is -2.48. The van der Waals surface area contributed by atoms with Crippen molar-refractivity contribution in [3.05, 3.63) is 54.6 Å². The van der Waals surface area contributed by atoms with Crippen LogP contribution < -0.4 is 4.74 Å². The molecule has 0 radical (unpaired) electrons. The van der Waals surface area contributed by atoms with Gasteiger partial charge >= 0.3 is 0 Å². The number of β-amino-alcohol motifs (C(OH)–C–C–N with tert-alkyl or cyclic N) is 1. The van der Waals surface area contributed by atoms with Crippen LogP contribution in [-0.2, 0) is 4.74 Å². The fourth-order valence-corrected chi connectivity index (χ4v) is 3.42. The van der Waals surface area contributed by atoms with Crippen molar-refractivity contribution in [1.29, 1.82) is 0 Å². The molecule has 1 aliphatic rings. The number of nitrogens with zero attached hydrogens (tertiary/aromatic N) is 1. The Labute approximate surface area is 150 Å². The first-order valence-electron chi connectivity index (χ1n) is 8.95. The summed E-state index contributed by atoms with van der Waals surface area (Å²) in [7, 11) is 0. The summed E-state index contributed by atoms with van der Waals surface area (Å²) < 4.78 is 11.7. The molecule has 0 saturated carbocycles. The van der Waals surface area contributed by atoms with E-state index in [1.54, 1.807) is 0 Å². The lowest BCUT2D eigenvalue weighted by atomic mass is 10.1. The molecule has 1 heterocycles. The van der Waals surface area contributed by atoms with Crippen molar-refractivity contribution in [1.82, 2.24) is 4.90 Å². The minimum absolute atomic E-state index is 0.204. The van der Waals surface area contributed by atoms with Crippen molar-refractivity contribution in [3.8, 4) is 16.9 Å². The molecule has 2 aromatic carbocycles. The maximum Gasteiger partial charge on any atom is 0.127 e. The van der Waals surface area contributed by atoms with Crippen molar-refractivity contribution in [2.75, 3.05) is 26.2 Å². The highest BCUT2D eigenvalue weighted by molar-refractivity contribution is 5.70. The fraction of sp³-hybridized carbons (Fsp3) is 0.429. The lowest BCUT2D eigenvalue weighted by molar-refractivity contribution is -0.0786. The highest BCUT2D eigenvalue weighted by atomic mass is 16.5. The lowest BCUT2D eigenvalue weighted by Gasteiger charge is -2.36. The van der Waals surface area contributed by atoms with Crippen molar-refractivity contribution in [3.63, 3.8) is 0 Å². The average molecular weight is 341 g/mol. The summed E-state index contributed by atoms with van der Waals surface area (Å²) in [6, 6.07) is 18.1. The van der Waals surface area contributed by atoms with Gasteiger partial charge in [0.2, 0.25) is 0 Å². The van der Waals surface area contributed by atoms with E-state index in [4.69, 9.17) is 9.47 Å². The van der Waals surface area contributed by atoms with Crippen molar-refractivity contribution < 1.29 is 14.6 Å². The molecule has 1 N–H and O–H groups in total. The Kier molecular flexibility index (Phi) is 6.08. The molecule has 3 atom stereocenters. The molecule has 134 valence electrons. The Hall–Kier alpha value is -1.88. The molecule has 0 aromatic heterocycles. The number of aliphatic hydroxyl groups is 1. The van der Waals surface area contributed by atoms with E-state index in [0.717, 1.165) is 30.0 Å². The number of aliphatic hydroxyl groups excluding tert-OH is 1. The van der Waals surface area contributed by atoms with E-state index in [2.05, 4.69) is 30.9 Å². The first-order chi connectivity index (χ1) is 12.1. The highest BCUT2D eigenvalue weighted by Gasteiger charge is 2.24. The second-order valence-corrected chi connectivity index (χ2v) is 6.80. The van der Waals surface area contributed by atoms with Crippen LogP contribution in [0.25, 0.3) is 11.1 Å². The van der Waals surface area contributed by atoms with Gasteiger partial charge in [0.15, 0.2) is 0 Å². The zero-order valence-electron chi connectivity index (χ0n) is 15.0. The molecular formula is C21H27NO3. The van der Waals surface area contributed by atoms with E-state index in [9.17, 15) is 5.11 Å².